The van der Waals surface area contributed by atoms with E-state index in [0.717, 1.165) is 5.56 Å². The molecule has 6 nitrogen and oxygen atoms in total. The van der Waals surface area contributed by atoms with Crippen LogP contribution >= 0.6 is 11.8 Å². The van der Waals surface area contributed by atoms with Gasteiger partial charge in [-0.3, -0.25) is 14.2 Å². The van der Waals surface area contributed by atoms with Crippen LogP contribution < -0.4 is 5.56 Å². The highest BCUT2D eigenvalue weighted by Crippen LogP contribution is 2.23. The van der Waals surface area contributed by atoms with Gasteiger partial charge in [0.05, 0.1) is 28.8 Å². The molecule has 1 heterocycles. The van der Waals surface area contributed by atoms with Crippen LogP contribution in [0.3, 0.4) is 0 Å². The second kappa shape index (κ2) is 11.4. The maximum atomic E-state index is 13.2. The molecule has 1 atom stereocenters. The zero-order valence-corrected chi connectivity index (χ0v) is 20.3. The maximum Gasteiger partial charge on any atom is 0.262 e. The number of hydrogen-bond acceptors (Lipinski definition) is 5. The lowest BCUT2D eigenvalue weighted by Crippen LogP contribution is -2.31. The molecule has 2 aromatic carbocycles. The van der Waals surface area contributed by atoms with E-state index in [1.807, 2.05) is 32.9 Å². The summed E-state index contributed by atoms with van der Waals surface area (Å²) in [5.41, 5.74) is 1.34. The van der Waals surface area contributed by atoms with Crippen molar-refractivity contribution >= 4 is 28.6 Å². The Kier molecular flexibility index (Phi) is 8.63. The maximum absolute atomic E-state index is 13.2. The quantitative estimate of drug-likeness (QED) is 0.244. The molecule has 0 N–H and O–H groups in total. The number of fused-ring (bicyclic) bond motifs is 1. The number of rotatable bonds is 10. The Morgan fingerprint density at radius 3 is 2.55 bits per heavy atom. The third-order valence-electron chi connectivity index (χ3n) is 5.46. The largest absolute Gasteiger partial charge is 0.379 e. The molecule has 0 aliphatic rings. The van der Waals surface area contributed by atoms with Crippen LogP contribution in [0.1, 0.15) is 38.8 Å². The van der Waals surface area contributed by atoms with E-state index in [0.29, 0.717) is 35.6 Å². The molecule has 33 heavy (non-hydrogen) atoms. The number of thioether (sulfide) groups is 1. The fraction of sp³-hybridized carbons (Fsp3) is 0.400. The molecule has 0 saturated heterocycles. The van der Waals surface area contributed by atoms with Crippen molar-refractivity contribution in [3.8, 4) is 0 Å². The molecule has 3 rings (SSSR count). The van der Waals surface area contributed by atoms with Gasteiger partial charge in [0.2, 0.25) is 5.91 Å². The minimum absolute atomic E-state index is 0.103. The van der Waals surface area contributed by atoms with E-state index < -0.39 is 0 Å². The molecule has 0 fully saturated rings. The summed E-state index contributed by atoms with van der Waals surface area (Å²) in [7, 11) is 1.72. The molecule has 0 radical (unpaired) electrons. The van der Waals surface area contributed by atoms with Gasteiger partial charge in [-0.15, -0.1) is 0 Å². The van der Waals surface area contributed by atoms with E-state index in [2.05, 4.69) is 4.98 Å². The molecule has 0 saturated carbocycles. The minimum Gasteiger partial charge on any atom is -0.379 e. The minimum atomic E-state index is -0.311. The first-order valence-electron chi connectivity index (χ1n) is 11.0. The summed E-state index contributed by atoms with van der Waals surface area (Å²) in [6, 6.07) is 13.2. The summed E-state index contributed by atoms with van der Waals surface area (Å²) < 4.78 is 20.5. The molecular formula is C25H30FN3O3S. The lowest BCUT2D eigenvalue weighted by molar-refractivity contribution is -0.128. The number of amides is 1. The molecule has 1 unspecified atom stereocenters. The van der Waals surface area contributed by atoms with E-state index in [4.69, 9.17) is 4.74 Å². The molecular weight excluding hydrogens is 441 g/mol. The van der Waals surface area contributed by atoms with Crippen LogP contribution in [0, 0.1) is 5.82 Å². The monoisotopic (exact) mass is 471 g/mol. The zero-order chi connectivity index (χ0) is 24.0. The Balaban J connectivity index is 1.76. The van der Waals surface area contributed by atoms with Crippen molar-refractivity contribution in [1.29, 1.82) is 0 Å². The van der Waals surface area contributed by atoms with Crippen LogP contribution in [-0.4, -0.2) is 45.9 Å². The predicted molar refractivity (Wildman–Crippen MR) is 130 cm³/mol. The highest BCUT2D eigenvalue weighted by molar-refractivity contribution is 7.99. The average Bonchev–Trinajstić information content (AvgIpc) is 2.81. The molecule has 8 heteroatoms. The fourth-order valence-corrected chi connectivity index (χ4v) is 4.35. The summed E-state index contributed by atoms with van der Waals surface area (Å²) in [6.07, 6.45) is 0.794. The zero-order valence-electron chi connectivity index (χ0n) is 19.5. The first-order valence-corrected chi connectivity index (χ1v) is 12.0. The molecule has 0 bridgehead atoms. The average molecular weight is 472 g/mol. The summed E-state index contributed by atoms with van der Waals surface area (Å²) in [4.78, 5) is 32.3. The first kappa shape index (κ1) is 24.9. The number of carbonyl (C=O) groups is 1. The molecule has 1 aromatic heterocycles. The van der Waals surface area contributed by atoms with Crippen molar-refractivity contribution in [3.05, 3.63) is 70.3 Å². The topological polar surface area (TPSA) is 64.4 Å². The van der Waals surface area contributed by atoms with Crippen molar-refractivity contribution in [2.75, 3.05) is 19.4 Å². The van der Waals surface area contributed by atoms with Gasteiger partial charge < -0.3 is 9.64 Å². The number of ether oxygens (including phenoxy) is 1. The van der Waals surface area contributed by atoms with Gasteiger partial charge in [0, 0.05) is 20.2 Å². The van der Waals surface area contributed by atoms with Crippen LogP contribution in [0.2, 0.25) is 0 Å². The smallest absolute Gasteiger partial charge is 0.262 e. The number of nitrogens with zero attached hydrogens (tertiary/aromatic N) is 3. The standard InChI is InChI=1S/C25H30FN3O3S/c1-17(2)32-15-7-14-29-24(31)21-8-5-6-9-22(21)27-25(29)33-16-23(30)28(4)18(3)19-10-12-20(26)13-11-19/h5-6,8-13,17-18H,7,14-16H2,1-4H3. The van der Waals surface area contributed by atoms with Crippen molar-refractivity contribution in [2.45, 2.75) is 51.0 Å². The van der Waals surface area contributed by atoms with E-state index in [1.54, 1.807) is 40.8 Å². The third-order valence-corrected chi connectivity index (χ3v) is 6.42. The molecule has 0 aliphatic heterocycles. The van der Waals surface area contributed by atoms with Crippen molar-refractivity contribution in [2.24, 2.45) is 0 Å². The third kappa shape index (κ3) is 6.42. The van der Waals surface area contributed by atoms with Crippen LogP contribution in [-0.2, 0) is 16.1 Å². The van der Waals surface area contributed by atoms with Crippen molar-refractivity contribution in [1.82, 2.24) is 14.5 Å². The molecule has 0 aliphatic carbocycles. The highest BCUT2D eigenvalue weighted by atomic mass is 32.2. The van der Waals surface area contributed by atoms with Crippen LogP contribution in [0.5, 0.6) is 0 Å². The Hall–Kier alpha value is -2.71. The van der Waals surface area contributed by atoms with Crippen molar-refractivity contribution in [3.63, 3.8) is 0 Å². The van der Waals surface area contributed by atoms with E-state index >= 15 is 0 Å². The number of halogens is 1. The van der Waals surface area contributed by atoms with Gasteiger partial charge in [0.1, 0.15) is 5.82 Å². The van der Waals surface area contributed by atoms with Crippen LogP contribution in [0.25, 0.3) is 10.9 Å². The lowest BCUT2D eigenvalue weighted by atomic mass is 10.1. The molecule has 0 spiro atoms. The van der Waals surface area contributed by atoms with Crippen molar-refractivity contribution < 1.29 is 13.9 Å². The summed E-state index contributed by atoms with van der Waals surface area (Å²) >= 11 is 1.25. The van der Waals surface area contributed by atoms with Gasteiger partial charge in [-0.05, 0) is 57.0 Å². The summed E-state index contributed by atoms with van der Waals surface area (Å²) in [5.74, 6) is -0.279. The SMILES string of the molecule is CC(C)OCCCn1c(SCC(=O)N(C)C(C)c2ccc(F)cc2)nc2ccccc2c1=O. The fourth-order valence-electron chi connectivity index (χ4n) is 3.41. The molecule has 3 aromatic rings. The second-order valence-electron chi connectivity index (χ2n) is 8.16. The number of hydrogen-bond donors (Lipinski definition) is 0. The van der Waals surface area contributed by atoms with Crippen LogP contribution in [0.4, 0.5) is 4.39 Å². The van der Waals surface area contributed by atoms with Gasteiger partial charge in [0.15, 0.2) is 5.16 Å². The number of benzene rings is 2. The van der Waals surface area contributed by atoms with Gasteiger partial charge in [-0.1, -0.05) is 36.0 Å². The van der Waals surface area contributed by atoms with Crippen LogP contribution in [0.15, 0.2) is 58.5 Å². The normalized spacial score (nSPS) is 12.3. The second-order valence-corrected chi connectivity index (χ2v) is 9.10. The Morgan fingerprint density at radius 1 is 1.15 bits per heavy atom. The van der Waals surface area contributed by atoms with Gasteiger partial charge >= 0.3 is 0 Å². The van der Waals surface area contributed by atoms with E-state index in [9.17, 15) is 14.0 Å². The Morgan fingerprint density at radius 2 is 1.85 bits per heavy atom. The summed E-state index contributed by atoms with van der Waals surface area (Å²) in [5, 5.41) is 1.07. The number of aromatic nitrogens is 2. The Labute approximate surface area is 197 Å². The molecule has 176 valence electrons. The van der Waals surface area contributed by atoms with Gasteiger partial charge in [-0.25, -0.2) is 9.37 Å². The van der Waals surface area contributed by atoms with E-state index in [1.165, 1.54) is 23.9 Å². The Bertz CT molecular complexity index is 1150. The summed E-state index contributed by atoms with van der Waals surface area (Å²) in [6.45, 7) is 6.84. The van der Waals surface area contributed by atoms with Gasteiger partial charge in [0.25, 0.3) is 5.56 Å². The molecule has 1 amide bonds. The number of para-hydroxylation sites is 1. The highest BCUT2D eigenvalue weighted by Gasteiger charge is 2.19. The first-order chi connectivity index (χ1) is 15.8. The van der Waals surface area contributed by atoms with Gasteiger partial charge in [-0.2, -0.15) is 0 Å². The predicted octanol–water partition coefficient (Wildman–Crippen LogP) is 4.66. The number of carbonyl (C=O) groups excluding carboxylic acids is 1. The lowest BCUT2D eigenvalue weighted by Gasteiger charge is -2.25. The van der Waals surface area contributed by atoms with E-state index in [-0.39, 0.29) is 35.2 Å².